The van der Waals surface area contributed by atoms with E-state index < -0.39 is 0 Å². The highest BCUT2D eigenvalue weighted by molar-refractivity contribution is 5.99. The van der Waals surface area contributed by atoms with E-state index in [1.165, 1.54) is 30.9 Å². The van der Waals surface area contributed by atoms with Gasteiger partial charge >= 0.3 is 0 Å². The van der Waals surface area contributed by atoms with Gasteiger partial charge in [0.05, 0.1) is 0 Å². The summed E-state index contributed by atoms with van der Waals surface area (Å²) >= 11 is 0. The van der Waals surface area contributed by atoms with Crippen LogP contribution in [0.4, 0.5) is 0 Å². The van der Waals surface area contributed by atoms with Crippen molar-refractivity contribution in [2.45, 2.75) is 46.6 Å². The Kier molecular flexibility index (Phi) is 3.28. The molecule has 3 nitrogen and oxygen atoms in total. The van der Waals surface area contributed by atoms with Crippen LogP contribution in [0.1, 0.15) is 48.4 Å². The molecule has 0 amide bonds. The Bertz CT molecular complexity index is 541. The van der Waals surface area contributed by atoms with E-state index in [2.05, 4.69) is 43.4 Å². The number of nitrogens with zero attached hydrogens (tertiary/aromatic N) is 2. The molecule has 1 aromatic rings. The summed E-state index contributed by atoms with van der Waals surface area (Å²) in [6.45, 7) is 10.0. The molecule has 1 unspecified atom stereocenters. The Morgan fingerprint density at radius 2 is 2.10 bits per heavy atom. The summed E-state index contributed by atoms with van der Waals surface area (Å²) in [5.74, 6) is 1.07. The van der Waals surface area contributed by atoms with Gasteiger partial charge in [-0.1, -0.05) is 13.8 Å². The minimum atomic E-state index is 0.110. The molecule has 0 bridgehead atoms. The molecule has 0 spiro atoms. The molecule has 0 saturated carbocycles. The van der Waals surface area contributed by atoms with Crippen LogP contribution in [0, 0.1) is 18.3 Å². The second kappa shape index (κ2) is 4.73. The Hall–Kier alpha value is -1.09. The predicted molar refractivity (Wildman–Crippen MR) is 81.2 cm³/mol. The number of carbonyl (C=O) groups excluding carboxylic acids is 1. The van der Waals surface area contributed by atoms with E-state index in [-0.39, 0.29) is 5.41 Å². The van der Waals surface area contributed by atoms with Crippen molar-refractivity contribution < 1.29 is 4.79 Å². The third kappa shape index (κ3) is 2.44. The van der Waals surface area contributed by atoms with Crippen LogP contribution in [0.25, 0.3) is 0 Å². The molecule has 1 fully saturated rings. The lowest BCUT2D eigenvalue weighted by Crippen LogP contribution is -2.29. The van der Waals surface area contributed by atoms with Gasteiger partial charge in [0.1, 0.15) is 0 Å². The summed E-state index contributed by atoms with van der Waals surface area (Å²) in [5.41, 5.74) is 3.65. The summed E-state index contributed by atoms with van der Waals surface area (Å²) < 4.78 is 2.43. The number of rotatable bonds is 2. The van der Waals surface area contributed by atoms with E-state index in [1.54, 1.807) is 0 Å². The van der Waals surface area contributed by atoms with E-state index in [4.69, 9.17) is 0 Å². The van der Waals surface area contributed by atoms with Crippen molar-refractivity contribution in [2.75, 3.05) is 20.1 Å². The van der Waals surface area contributed by atoms with Gasteiger partial charge in [-0.3, -0.25) is 4.79 Å². The van der Waals surface area contributed by atoms with Crippen molar-refractivity contribution in [1.29, 1.82) is 0 Å². The van der Waals surface area contributed by atoms with Crippen molar-refractivity contribution in [3.05, 3.63) is 23.0 Å². The number of carbonyl (C=O) groups is 1. The maximum atomic E-state index is 12.3. The van der Waals surface area contributed by atoms with Crippen LogP contribution in [0.3, 0.4) is 0 Å². The van der Waals surface area contributed by atoms with E-state index in [1.807, 2.05) is 0 Å². The Morgan fingerprint density at radius 1 is 1.35 bits per heavy atom. The number of aromatic nitrogens is 1. The molecule has 2 aliphatic rings. The van der Waals surface area contributed by atoms with Gasteiger partial charge in [-0.25, -0.2) is 0 Å². The highest BCUT2D eigenvalue weighted by Gasteiger charge is 2.34. The molecule has 2 heterocycles. The molecular weight excluding hydrogens is 248 g/mol. The first-order chi connectivity index (χ1) is 9.35. The maximum absolute atomic E-state index is 12.3. The molecular formula is C17H26N2O. The lowest BCUT2D eigenvalue weighted by atomic mass is 9.76. The van der Waals surface area contributed by atoms with Gasteiger partial charge in [0.15, 0.2) is 5.78 Å². The third-order valence-electron chi connectivity index (χ3n) is 4.93. The normalized spacial score (nSPS) is 26.0. The summed E-state index contributed by atoms with van der Waals surface area (Å²) in [5, 5.41) is 0. The van der Waals surface area contributed by atoms with Gasteiger partial charge in [0.2, 0.25) is 0 Å². The molecule has 0 N–H and O–H groups in total. The lowest BCUT2D eigenvalue weighted by molar-refractivity contribution is 0.0909. The molecule has 20 heavy (non-hydrogen) atoms. The van der Waals surface area contributed by atoms with Gasteiger partial charge < -0.3 is 9.47 Å². The van der Waals surface area contributed by atoms with Crippen LogP contribution >= 0.6 is 0 Å². The molecule has 3 heteroatoms. The monoisotopic (exact) mass is 274 g/mol. The van der Waals surface area contributed by atoms with Gasteiger partial charge in [0, 0.05) is 36.5 Å². The lowest BCUT2D eigenvalue weighted by Gasteiger charge is -2.30. The number of fused-ring (bicyclic) bond motifs is 1. The molecule has 110 valence electrons. The standard InChI is InChI=1S/C17H26N2O/c1-12-7-14-15(8-17(2,3)9-16(14)20)19(12)11-13-5-6-18(4)10-13/h7,13H,5-6,8-11H2,1-4H3. The second-order valence-corrected chi connectivity index (χ2v) is 7.61. The van der Waals surface area contributed by atoms with Gasteiger partial charge in [0.25, 0.3) is 0 Å². The summed E-state index contributed by atoms with van der Waals surface area (Å²) in [4.78, 5) is 14.7. The van der Waals surface area contributed by atoms with Gasteiger partial charge in [-0.05, 0) is 50.8 Å². The number of hydrogen-bond donors (Lipinski definition) is 0. The first kappa shape index (κ1) is 13.9. The third-order valence-corrected chi connectivity index (χ3v) is 4.93. The van der Waals surface area contributed by atoms with Crippen LogP contribution in [0.5, 0.6) is 0 Å². The SMILES string of the molecule is Cc1cc2c(n1CC1CCN(C)C1)CC(C)(C)CC2=O. The van der Waals surface area contributed by atoms with Crippen LogP contribution < -0.4 is 0 Å². The van der Waals surface area contributed by atoms with E-state index in [0.29, 0.717) is 12.2 Å². The van der Waals surface area contributed by atoms with Crippen LogP contribution in [-0.4, -0.2) is 35.4 Å². The highest BCUT2D eigenvalue weighted by Crippen LogP contribution is 2.36. The predicted octanol–water partition coefficient (Wildman–Crippen LogP) is 2.90. The Labute approximate surface area is 122 Å². The van der Waals surface area contributed by atoms with E-state index >= 15 is 0 Å². The van der Waals surface area contributed by atoms with Crippen molar-refractivity contribution >= 4 is 5.78 Å². The Morgan fingerprint density at radius 3 is 2.75 bits per heavy atom. The number of ketones is 1. The first-order valence-electron chi connectivity index (χ1n) is 7.76. The zero-order chi connectivity index (χ0) is 14.5. The topological polar surface area (TPSA) is 25.2 Å². The van der Waals surface area contributed by atoms with E-state index in [9.17, 15) is 4.79 Å². The van der Waals surface area contributed by atoms with Crippen LogP contribution in [0.2, 0.25) is 0 Å². The fraction of sp³-hybridized carbons (Fsp3) is 0.706. The average molecular weight is 274 g/mol. The Balaban J connectivity index is 1.90. The zero-order valence-corrected chi connectivity index (χ0v) is 13.2. The quantitative estimate of drug-likeness (QED) is 0.828. The van der Waals surface area contributed by atoms with Gasteiger partial charge in [-0.15, -0.1) is 0 Å². The largest absolute Gasteiger partial charge is 0.348 e. The fourth-order valence-electron chi connectivity index (χ4n) is 3.89. The van der Waals surface area contributed by atoms with E-state index in [0.717, 1.165) is 24.4 Å². The minimum Gasteiger partial charge on any atom is -0.348 e. The molecule has 1 atom stereocenters. The molecule has 1 aliphatic carbocycles. The van der Waals surface area contributed by atoms with Crippen molar-refractivity contribution in [1.82, 2.24) is 9.47 Å². The number of aryl methyl sites for hydroxylation is 1. The second-order valence-electron chi connectivity index (χ2n) is 7.61. The summed E-state index contributed by atoms with van der Waals surface area (Å²) in [6, 6.07) is 2.12. The molecule has 3 rings (SSSR count). The van der Waals surface area contributed by atoms with Gasteiger partial charge in [-0.2, -0.15) is 0 Å². The molecule has 1 aliphatic heterocycles. The van der Waals surface area contributed by atoms with Crippen LogP contribution in [0.15, 0.2) is 6.07 Å². The minimum absolute atomic E-state index is 0.110. The number of Topliss-reactive ketones (excluding diaryl/α,β-unsaturated/α-hetero) is 1. The van der Waals surface area contributed by atoms with Crippen LogP contribution in [-0.2, 0) is 13.0 Å². The maximum Gasteiger partial charge on any atom is 0.165 e. The van der Waals surface area contributed by atoms with Crippen molar-refractivity contribution in [3.8, 4) is 0 Å². The number of likely N-dealkylation sites (tertiary alicyclic amines) is 1. The zero-order valence-electron chi connectivity index (χ0n) is 13.2. The first-order valence-corrected chi connectivity index (χ1v) is 7.76. The molecule has 0 aromatic carbocycles. The molecule has 1 aromatic heterocycles. The van der Waals surface area contributed by atoms with Crippen molar-refractivity contribution in [2.24, 2.45) is 11.3 Å². The number of hydrogen-bond acceptors (Lipinski definition) is 2. The smallest absolute Gasteiger partial charge is 0.165 e. The highest BCUT2D eigenvalue weighted by atomic mass is 16.1. The fourth-order valence-corrected chi connectivity index (χ4v) is 3.89. The summed E-state index contributed by atoms with van der Waals surface area (Å²) in [6.07, 6.45) is 3.00. The average Bonchev–Trinajstić information content (AvgIpc) is 2.86. The molecule has 0 radical (unpaired) electrons. The van der Waals surface area contributed by atoms with Crippen molar-refractivity contribution in [3.63, 3.8) is 0 Å². The molecule has 1 saturated heterocycles. The summed E-state index contributed by atoms with van der Waals surface area (Å²) in [7, 11) is 2.20.